The normalized spacial score (nSPS) is 9.60. The standard InChI is InChI=1S/C13H16N2O5/c16-11(8-12(17)18)14-6-7-15-13(19)20-9-10-4-2-1-3-5-10/h1-5H,6-9H2,(H,14,16)(H,15,19)(H,17,18). The van der Waals surface area contributed by atoms with Gasteiger partial charge in [-0.3, -0.25) is 9.59 Å². The van der Waals surface area contributed by atoms with Gasteiger partial charge in [0.2, 0.25) is 5.91 Å². The number of carbonyl (C=O) groups is 3. The van der Waals surface area contributed by atoms with E-state index < -0.39 is 24.4 Å². The summed E-state index contributed by atoms with van der Waals surface area (Å²) in [6, 6.07) is 9.21. The second-order valence-corrected chi connectivity index (χ2v) is 3.91. The van der Waals surface area contributed by atoms with Crippen molar-refractivity contribution in [1.82, 2.24) is 10.6 Å². The molecule has 7 nitrogen and oxygen atoms in total. The van der Waals surface area contributed by atoms with E-state index in [9.17, 15) is 14.4 Å². The Morgan fingerprint density at radius 2 is 1.70 bits per heavy atom. The molecule has 0 radical (unpaired) electrons. The van der Waals surface area contributed by atoms with E-state index in [4.69, 9.17) is 9.84 Å². The molecule has 1 aromatic rings. The number of ether oxygens (including phenoxy) is 1. The largest absolute Gasteiger partial charge is 0.481 e. The number of carboxylic acids is 1. The van der Waals surface area contributed by atoms with Gasteiger partial charge >= 0.3 is 12.1 Å². The summed E-state index contributed by atoms with van der Waals surface area (Å²) >= 11 is 0. The fourth-order valence-electron chi connectivity index (χ4n) is 1.34. The number of hydrogen-bond acceptors (Lipinski definition) is 4. The summed E-state index contributed by atoms with van der Waals surface area (Å²) in [6.07, 6.45) is -1.18. The van der Waals surface area contributed by atoms with Crippen LogP contribution in [0.15, 0.2) is 30.3 Å². The fourth-order valence-corrected chi connectivity index (χ4v) is 1.34. The van der Waals surface area contributed by atoms with E-state index in [0.717, 1.165) is 5.56 Å². The van der Waals surface area contributed by atoms with Crippen molar-refractivity contribution < 1.29 is 24.2 Å². The number of amides is 2. The molecule has 0 aliphatic carbocycles. The highest BCUT2D eigenvalue weighted by atomic mass is 16.5. The zero-order valence-corrected chi connectivity index (χ0v) is 10.8. The Kier molecular flexibility index (Phi) is 6.60. The average molecular weight is 280 g/mol. The summed E-state index contributed by atoms with van der Waals surface area (Å²) in [5.41, 5.74) is 0.873. The van der Waals surface area contributed by atoms with Crippen LogP contribution in [0.4, 0.5) is 4.79 Å². The maximum atomic E-state index is 11.3. The summed E-state index contributed by atoms with van der Waals surface area (Å²) in [5.74, 6) is -1.80. The fraction of sp³-hybridized carbons (Fsp3) is 0.308. The van der Waals surface area contributed by atoms with Gasteiger partial charge < -0.3 is 20.5 Å². The van der Waals surface area contributed by atoms with Crippen molar-refractivity contribution in [1.29, 1.82) is 0 Å². The van der Waals surface area contributed by atoms with Crippen molar-refractivity contribution >= 4 is 18.0 Å². The van der Waals surface area contributed by atoms with Crippen LogP contribution in [0.1, 0.15) is 12.0 Å². The van der Waals surface area contributed by atoms with Crippen LogP contribution < -0.4 is 10.6 Å². The lowest BCUT2D eigenvalue weighted by Gasteiger charge is -2.07. The molecule has 0 saturated heterocycles. The molecule has 0 fully saturated rings. The summed E-state index contributed by atoms with van der Waals surface area (Å²) in [6.45, 7) is 0.476. The molecular weight excluding hydrogens is 264 g/mol. The number of carbonyl (C=O) groups excluding carboxylic acids is 2. The third-order valence-corrected chi connectivity index (χ3v) is 2.24. The molecule has 7 heteroatoms. The molecule has 0 heterocycles. The summed E-state index contributed by atoms with van der Waals surface area (Å²) in [4.78, 5) is 32.5. The lowest BCUT2D eigenvalue weighted by Crippen LogP contribution is -2.35. The molecule has 0 bridgehead atoms. The van der Waals surface area contributed by atoms with Crippen molar-refractivity contribution in [3.05, 3.63) is 35.9 Å². The van der Waals surface area contributed by atoms with Crippen LogP contribution in [-0.4, -0.2) is 36.2 Å². The van der Waals surface area contributed by atoms with E-state index in [1.54, 1.807) is 0 Å². The van der Waals surface area contributed by atoms with E-state index in [2.05, 4.69) is 10.6 Å². The first kappa shape index (κ1) is 15.5. The van der Waals surface area contributed by atoms with Gasteiger partial charge in [0.1, 0.15) is 13.0 Å². The number of rotatable bonds is 7. The highest BCUT2D eigenvalue weighted by Crippen LogP contribution is 2.00. The van der Waals surface area contributed by atoms with E-state index in [-0.39, 0.29) is 19.7 Å². The second-order valence-electron chi connectivity index (χ2n) is 3.91. The summed E-state index contributed by atoms with van der Waals surface area (Å²) in [5, 5.41) is 13.1. The van der Waals surface area contributed by atoms with Crippen LogP contribution in [0.25, 0.3) is 0 Å². The SMILES string of the molecule is O=C(O)CC(=O)NCCNC(=O)OCc1ccccc1. The molecule has 0 aliphatic rings. The lowest BCUT2D eigenvalue weighted by atomic mass is 10.2. The van der Waals surface area contributed by atoms with Gasteiger partial charge in [0, 0.05) is 13.1 Å². The Labute approximate surface area is 115 Å². The van der Waals surface area contributed by atoms with Crippen molar-refractivity contribution in [2.75, 3.05) is 13.1 Å². The minimum absolute atomic E-state index is 0.145. The van der Waals surface area contributed by atoms with Crippen LogP contribution in [0, 0.1) is 0 Å². The van der Waals surface area contributed by atoms with Gasteiger partial charge in [-0.05, 0) is 5.56 Å². The highest BCUT2D eigenvalue weighted by molar-refractivity contribution is 5.93. The molecule has 2 amide bonds. The number of alkyl carbamates (subject to hydrolysis) is 1. The van der Waals surface area contributed by atoms with Crippen molar-refractivity contribution in [3.63, 3.8) is 0 Å². The van der Waals surface area contributed by atoms with Crippen LogP contribution in [-0.2, 0) is 20.9 Å². The monoisotopic (exact) mass is 280 g/mol. The Morgan fingerprint density at radius 3 is 2.35 bits per heavy atom. The van der Waals surface area contributed by atoms with Gasteiger partial charge in [-0.1, -0.05) is 30.3 Å². The smallest absolute Gasteiger partial charge is 0.407 e. The Hall–Kier alpha value is -2.57. The predicted octanol–water partition coefficient (Wildman–Crippen LogP) is 0.504. The maximum absolute atomic E-state index is 11.3. The zero-order valence-electron chi connectivity index (χ0n) is 10.8. The zero-order chi connectivity index (χ0) is 14.8. The Morgan fingerprint density at radius 1 is 1.05 bits per heavy atom. The van der Waals surface area contributed by atoms with Crippen LogP contribution in [0.3, 0.4) is 0 Å². The molecule has 3 N–H and O–H groups in total. The van der Waals surface area contributed by atoms with Gasteiger partial charge in [0.05, 0.1) is 0 Å². The number of nitrogens with one attached hydrogen (secondary N) is 2. The minimum atomic E-state index is -1.20. The maximum Gasteiger partial charge on any atom is 0.407 e. The van der Waals surface area contributed by atoms with Crippen molar-refractivity contribution in [2.24, 2.45) is 0 Å². The first-order valence-corrected chi connectivity index (χ1v) is 6.01. The molecule has 1 aromatic carbocycles. The van der Waals surface area contributed by atoms with E-state index in [1.807, 2.05) is 30.3 Å². The van der Waals surface area contributed by atoms with E-state index >= 15 is 0 Å². The number of hydrogen-bond donors (Lipinski definition) is 3. The van der Waals surface area contributed by atoms with Crippen LogP contribution in [0.2, 0.25) is 0 Å². The third kappa shape index (κ3) is 7.00. The van der Waals surface area contributed by atoms with Crippen LogP contribution >= 0.6 is 0 Å². The number of benzene rings is 1. The molecule has 0 saturated carbocycles. The quantitative estimate of drug-likeness (QED) is 0.498. The van der Waals surface area contributed by atoms with Crippen LogP contribution in [0.5, 0.6) is 0 Å². The minimum Gasteiger partial charge on any atom is -0.481 e. The summed E-state index contributed by atoms with van der Waals surface area (Å²) in [7, 11) is 0. The molecule has 0 atom stereocenters. The first-order valence-electron chi connectivity index (χ1n) is 6.01. The number of aliphatic carboxylic acids is 1. The lowest BCUT2D eigenvalue weighted by molar-refractivity contribution is -0.140. The second kappa shape index (κ2) is 8.52. The van der Waals surface area contributed by atoms with Gasteiger partial charge in [0.15, 0.2) is 0 Å². The average Bonchev–Trinajstić information content (AvgIpc) is 2.42. The molecular formula is C13H16N2O5. The molecule has 0 spiro atoms. The molecule has 0 aromatic heterocycles. The summed E-state index contributed by atoms with van der Waals surface area (Å²) < 4.78 is 4.94. The molecule has 0 unspecified atom stereocenters. The Bertz CT molecular complexity index is 461. The van der Waals surface area contributed by atoms with Gasteiger partial charge in [-0.15, -0.1) is 0 Å². The predicted molar refractivity (Wildman–Crippen MR) is 69.9 cm³/mol. The number of carboxylic acid groups (broad SMARTS) is 1. The molecule has 108 valence electrons. The van der Waals surface area contributed by atoms with E-state index in [0.29, 0.717) is 0 Å². The topological polar surface area (TPSA) is 105 Å². The van der Waals surface area contributed by atoms with Gasteiger partial charge in [-0.2, -0.15) is 0 Å². The Balaban J connectivity index is 2.09. The van der Waals surface area contributed by atoms with Gasteiger partial charge in [0.25, 0.3) is 0 Å². The molecule has 20 heavy (non-hydrogen) atoms. The first-order chi connectivity index (χ1) is 9.58. The molecule has 0 aliphatic heterocycles. The van der Waals surface area contributed by atoms with E-state index in [1.165, 1.54) is 0 Å². The third-order valence-electron chi connectivity index (χ3n) is 2.24. The van der Waals surface area contributed by atoms with Gasteiger partial charge in [-0.25, -0.2) is 4.79 Å². The highest BCUT2D eigenvalue weighted by Gasteiger charge is 2.06. The van der Waals surface area contributed by atoms with Crippen molar-refractivity contribution in [2.45, 2.75) is 13.0 Å². The molecule has 1 rings (SSSR count). The van der Waals surface area contributed by atoms with Crippen molar-refractivity contribution in [3.8, 4) is 0 Å².